The summed E-state index contributed by atoms with van der Waals surface area (Å²) in [4.78, 5) is 18.3. The number of carbonyl (C=O) groups is 1. The summed E-state index contributed by atoms with van der Waals surface area (Å²) in [6.07, 6.45) is 2.32. The Morgan fingerprint density at radius 3 is 2.76 bits per heavy atom. The molecule has 5 heteroatoms. The Kier molecular flexibility index (Phi) is 4.93. The molecular formula is C20H24N2O3. The van der Waals surface area contributed by atoms with Gasteiger partial charge in [0.2, 0.25) is 0 Å². The van der Waals surface area contributed by atoms with Gasteiger partial charge in [0.05, 0.1) is 5.69 Å². The van der Waals surface area contributed by atoms with Gasteiger partial charge in [0.1, 0.15) is 18.0 Å². The van der Waals surface area contributed by atoms with Gasteiger partial charge in [0.25, 0.3) is 0 Å². The molecule has 0 saturated heterocycles. The standard InChI is InChI=1S/C20H24N2O3/c1-20(2,3)25-19(23)22-11-9-15-7-8-18(12-16(15)13-22)24-14-17-6-4-5-10-21-17/h4-8,10,12H,9,11,13-14H2,1-3H3. The highest BCUT2D eigenvalue weighted by Crippen LogP contribution is 2.25. The van der Waals surface area contributed by atoms with E-state index < -0.39 is 5.60 Å². The Balaban J connectivity index is 1.66. The summed E-state index contributed by atoms with van der Waals surface area (Å²) >= 11 is 0. The van der Waals surface area contributed by atoms with Crippen molar-refractivity contribution in [1.82, 2.24) is 9.88 Å². The van der Waals surface area contributed by atoms with Crippen LogP contribution in [-0.4, -0.2) is 28.1 Å². The van der Waals surface area contributed by atoms with E-state index in [-0.39, 0.29) is 6.09 Å². The third kappa shape index (κ3) is 4.72. The van der Waals surface area contributed by atoms with E-state index in [9.17, 15) is 4.79 Å². The molecular weight excluding hydrogens is 316 g/mol. The van der Waals surface area contributed by atoms with Gasteiger partial charge in [-0.05, 0) is 62.6 Å². The molecule has 0 N–H and O–H groups in total. The second-order valence-corrected chi connectivity index (χ2v) is 7.19. The zero-order valence-electron chi connectivity index (χ0n) is 15.0. The number of aromatic nitrogens is 1. The average molecular weight is 340 g/mol. The molecule has 0 fully saturated rings. The minimum atomic E-state index is -0.481. The highest BCUT2D eigenvalue weighted by molar-refractivity contribution is 5.68. The van der Waals surface area contributed by atoms with E-state index in [1.54, 1.807) is 11.1 Å². The fourth-order valence-corrected chi connectivity index (χ4v) is 2.75. The van der Waals surface area contributed by atoms with Crippen LogP contribution in [0.5, 0.6) is 5.75 Å². The molecule has 0 radical (unpaired) electrons. The first-order valence-corrected chi connectivity index (χ1v) is 8.53. The van der Waals surface area contributed by atoms with Crippen molar-refractivity contribution in [3.8, 4) is 5.75 Å². The largest absolute Gasteiger partial charge is 0.487 e. The predicted octanol–water partition coefficient (Wildman–Crippen LogP) is 3.95. The number of nitrogens with zero attached hydrogens (tertiary/aromatic N) is 2. The topological polar surface area (TPSA) is 51.7 Å². The lowest BCUT2D eigenvalue weighted by molar-refractivity contribution is 0.0223. The molecule has 0 atom stereocenters. The SMILES string of the molecule is CC(C)(C)OC(=O)N1CCc2ccc(OCc3ccccn3)cc2C1. The third-order valence-electron chi connectivity index (χ3n) is 3.95. The van der Waals surface area contributed by atoms with Crippen LogP contribution in [0.1, 0.15) is 37.6 Å². The van der Waals surface area contributed by atoms with Gasteiger partial charge in [-0.15, -0.1) is 0 Å². The third-order valence-corrected chi connectivity index (χ3v) is 3.95. The van der Waals surface area contributed by atoms with Crippen LogP contribution in [0, 0.1) is 0 Å². The summed E-state index contributed by atoms with van der Waals surface area (Å²) in [5, 5.41) is 0. The number of benzene rings is 1. The number of hydrogen-bond acceptors (Lipinski definition) is 4. The highest BCUT2D eigenvalue weighted by atomic mass is 16.6. The normalized spacial score (nSPS) is 14.0. The summed E-state index contributed by atoms with van der Waals surface area (Å²) in [7, 11) is 0. The minimum Gasteiger partial charge on any atom is -0.487 e. The van der Waals surface area contributed by atoms with Crippen LogP contribution >= 0.6 is 0 Å². The molecule has 0 saturated carbocycles. The molecule has 25 heavy (non-hydrogen) atoms. The lowest BCUT2D eigenvalue weighted by Crippen LogP contribution is -2.39. The van der Waals surface area contributed by atoms with Crippen LogP contribution in [0.25, 0.3) is 0 Å². The fourth-order valence-electron chi connectivity index (χ4n) is 2.75. The second-order valence-electron chi connectivity index (χ2n) is 7.19. The molecule has 1 aromatic carbocycles. The van der Waals surface area contributed by atoms with E-state index >= 15 is 0 Å². The number of fused-ring (bicyclic) bond motifs is 1. The van der Waals surface area contributed by atoms with Gasteiger partial charge in [-0.1, -0.05) is 12.1 Å². The van der Waals surface area contributed by atoms with Crippen LogP contribution < -0.4 is 4.74 Å². The maximum Gasteiger partial charge on any atom is 0.410 e. The summed E-state index contributed by atoms with van der Waals surface area (Å²) in [6, 6.07) is 11.8. The molecule has 0 bridgehead atoms. The van der Waals surface area contributed by atoms with Gasteiger partial charge in [-0.25, -0.2) is 4.79 Å². The Labute approximate surface area is 148 Å². The first-order valence-electron chi connectivity index (χ1n) is 8.53. The van der Waals surface area contributed by atoms with Crippen molar-refractivity contribution in [2.24, 2.45) is 0 Å². The number of amides is 1. The van der Waals surface area contributed by atoms with Crippen molar-refractivity contribution < 1.29 is 14.3 Å². The number of pyridine rings is 1. The lowest BCUT2D eigenvalue weighted by Gasteiger charge is -2.31. The summed E-state index contributed by atoms with van der Waals surface area (Å²) in [5.41, 5.74) is 2.77. The van der Waals surface area contributed by atoms with Crippen LogP contribution in [0.2, 0.25) is 0 Å². The summed E-state index contributed by atoms with van der Waals surface area (Å²) < 4.78 is 11.3. The van der Waals surface area contributed by atoms with Crippen molar-refractivity contribution in [3.05, 3.63) is 59.4 Å². The fraction of sp³-hybridized carbons (Fsp3) is 0.400. The van der Waals surface area contributed by atoms with Gasteiger partial charge < -0.3 is 14.4 Å². The molecule has 1 aromatic heterocycles. The molecule has 0 unspecified atom stereocenters. The quantitative estimate of drug-likeness (QED) is 0.849. The highest BCUT2D eigenvalue weighted by Gasteiger charge is 2.25. The summed E-state index contributed by atoms with van der Waals surface area (Å²) in [6.45, 7) is 7.29. The average Bonchev–Trinajstić information content (AvgIpc) is 2.58. The first kappa shape index (κ1) is 17.3. The first-order chi connectivity index (χ1) is 11.9. The monoisotopic (exact) mass is 340 g/mol. The molecule has 1 amide bonds. The van der Waals surface area contributed by atoms with Crippen molar-refractivity contribution in [2.75, 3.05) is 6.54 Å². The Morgan fingerprint density at radius 1 is 1.20 bits per heavy atom. The molecule has 0 spiro atoms. The van der Waals surface area contributed by atoms with E-state index in [1.165, 1.54) is 5.56 Å². The molecule has 2 aromatic rings. The van der Waals surface area contributed by atoms with Crippen molar-refractivity contribution in [2.45, 2.75) is 45.9 Å². The minimum absolute atomic E-state index is 0.266. The van der Waals surface area contributed by atoms with E-state index in [0.717, 1.165) is 23.4 Å². The Bertz CT molecular complexity index is 738. The van der Waals surface area contributed by atoms with E-state index in [0.29, 0.717) is 19.7 Å². The van der Waals surface area contributed by atoms with E-state index in [4.69, 9.17) is 9.47 Å². The van der Waals surface area contributed by atoms with E-state index in [1.807, 2.05) is 51.1 Å². The zero-order valence-corrected chi connectivity index (χ0v) is 15.0. The van der Waals surface area contributed by atoms with Crippen molar-refractivity contribution >= 4 is 6.09 Å². The second kappa shape index (κ2) is 7.13. The van der Waals surface area contributed by atoms with Gasteiger partial charge in [0, 0.05) is 19.3 Å². The van der Waals surface area contributed by atoms with E-state index in [2.05, 4.69) is 11.1 Å². The van der Waals surface area contributed by atoms with Gasteiger partial charge in [-0.3, -0.25) is 4.98 Å². The Morgan fingerprint density at radius 2 is 2.04 bits per heavy atom. The molecule has 5 nitrogen and oxygen atoms in total. The molecule has 3 rings (SSSR count). The van der Waals surface area contributed by atoms with Gasteiger partial charge in [-0.2, -0.15) is 0 Å². The molecule has 0 aliphatic carbocycles. The molecule has 132 valence electrons. The molecule has 1 aliphatic rings. The lowest BCUT2D eigenvalue weighted by atomic mass is 10.00. The van der Waals surface area contributed by atoms with Crippen molar-refractivity contribution in [1.29, 1.82) is 0 Å². The van der Waals surface area contributed by atoms with Gasteiger partial charge >= 0.3 is 6.09 Å². The summed E-state index contributed by atoms with van der Waals surface area (Å²) in [5.74, 6) is 0.787. The zero-order chi connectivity index (χ0) is 17.9. The smallest absolute Gasteiger partial charge is 0.410 e. The Hall–Kier alpha value is -2.56. The maximum absolute atomic E-state index is 12.3. The molecule has 1 aliphatic heterocycles. The number of ether oxygens (including phenoxy) is 2. The predicted molar refractivity (Wildman–Crippen MR) is 95.4 cm³/mol. The maximum atomic E-state index is 12.3. The van der Waals surface area contributed by atoms with Gasteiger partial charge in [0.15, 0.2) is 0 Å². The van der Waals surface area contributed by atoms with Crippen LogP contribution in [0.15, 0.2) is 42.6 Å². The van der Waals surface area contributed by atoms with Crippen LogP contribution in [0.3, 0.4) is 0 Å². The molecule has 2 heterocycles. The van der Waals surface area contributed by atoms with Crippen molar-refractivity contribution in [3.63, 3.8) is 0 Å². The van der Waals surface area contributed by atoms with Crippen LogP contribution in [-0.2, 0) is 24.3 Å². The number of hydrogen-bond donors (Lipinski definition) is 0. The number of carbonyl (C=O) groups excluding carboxylic acids is 1. The van der Waals surface area contributed by atoms with Crippen LogP contribution in [0.4, 0.5) is 4.79 Å². The number of rotatable bonds is 3.